The summed E-state index contributed by atoms with van der Waals surface area (Å²) in [4.78, 5) is 0. The van der Waals surface area contributed by atoms with Crippen LogP contribution in [0.2, 0.25) is 0 Å². The van der Waals surface area contributed by atoms with Gasteiger partial charge in [0.05, 0.1) is 0 Å². The molecule has 2 heteroatoms. The van der Waals surface area contributed by atoms with E-state index in [0.29, 0.717) is 0 Å². The van der Waals surface area contributed by atoms with Gasteiger partial charge in [0, 0.05) is 10.0 Å². The van der Waals surface area contributed by atoms with Crippen molar-refractivity contribution >= 4 is 15.9 Å². The summed E-state index contributed by atoms with van der Waals surface area (Å²) in [6.45, 7) is 4.24. The van der Waals surface area contributed by atoms with Crippen molar-refractivity contribution in [1.29, 1.82) is 0 Å². The van der Waals surface area contributed by atoms with Crippen LogP contribution in [0.25, 0.3) is 0 Å². The molecule has 1 aliphatic carbocycles. The van der Waals surface area contributed by atoms with Crippen LogP contribution in [0, 0.1) is 13.8 Å². The van der Waals surface area contributed by atoms with Crippen LogP contribution in [0.1, 0.15) is 29.5 Å². The van der Waals surface area contributed by atoms with Gasteiger partial charge in [-0.25, -0.2) is 0 Å². The fraction of sp³-hybridized carbons (Fsp3) is 0.455. The summed E-state index contributed by atoms with van der Waals surface area (Å²) in [5.41, 5.74) is 10.1. The monoisotopic (exact) mass is 239 g/mol. The van der Waals surface area contributed by atoms with Crippen LogP contribution < -0.4 is 5.73 Å². The van der Waals surface area contributed by atoms with E-state index in [4.69, 9.17) is 5.73 Å². The zero-order chi connectivity index (χ0) is 9.64. The Hall–Kier alpha value is -0.340. The Morgan fingerprint density at radius 1 is 1.23 bits per heavy atom. The number of hydrogen-bond donors (Lipinski definition) is 1. The van der Waals surface area contributed by atoms with Gasteiger partial charge >= 0.3 is 0 Å². The topological polar surface area (TPSA) is 26.0 Å². The highest BCUT2D eigenvalue weighted by atomic mass is 79.9. The van der Waals surface area contributed by atoms with Gasteiger partial charge in [0.2, 0.25) is 0 Å². The minimum Gasteiger partial charge on any atom is -0.321 e. The van der Waals surface area contributed by atoms with Gasteiger partial charge in [-0.15, -0.1) is 0 Å². The first-order chi connectivity index (χ1) is 6.03. The van der Waals surface area contributed by atoms with Crippen LogP contribution >= 0.6 is 15.9 Å². The van der Waals surface area contributed by atoms with Gasteiger partial charge in [-0.2, -0.15) is 0 Å². The molecule has 1 nitrogen and oxygen atoms in total. The first kappa shape index (κ1) is 9.22. The highest BCUT2D eigenvalue weighted by molar-refractivity contribution is 9.10. The quantitative estimate of drug-likeness (QED) is 0.802. The first-order valence-electron chi connectivity index (χ1n) is 4.59. The standard InChI is InChI=1S/C11H14BrN/c1-7-6-10(12)8(2)5-9(7)11(13)3-4-11/h5-6H,3-4,13H2,1-2H3. The molecule has 13 heavy (non-hydrogen) atoms. The van der Waals surface area contributed by atoms with Crippen molar-refractivity contribution in [2.45, 2.75) is 32.2 Å². The Morgan fingerprint density at radius 2 is 1.85 bits per heavy atom. The molecule has 0 bridgehead atoms. The molecule has 70 valence electrons. The lowest BCUT2D eigenvalue weighted by atomic mass is 9.98. The molecule has 1 fully saturated rings. The normalized spacial score (nSPS) is 18.8. The number of rotatable bonds is 1. The first-order valence-corrected chi connectivity index (χ1v) is 5.38. The van der Waals surface area contributed by atoms with Gasteiger partial charge in [0.25, 0.3) is 0 Å². The Labute approximate surface area is 87.5 Å². The Kier molecular flexibility index (Phi) is 2.00. The molecule has 0 spiro atoms. The molecule has 0 aliphatic heterocycles. The summed E-state index contributed by atoms with van der Waals surface area (Å²) in [7, 11) is 0. The molecule has 0 amide bonds. The van der Waals surface area contributed by atoms with E-state index in [1.54, 1.807) is 0 Å². The maximum absolute atomic E-state index is 6.17. The summed E-state index contributed by atoms with van der Waals surface area (Å²) in [5.74, 6) is 0. The molecule has 0 unspecified atom stereocenters. The maximum Gasteiger partial charge on any atom is 0.0414 e. The largest absolute Gasteiger partial charge is 0.321 e. The van der Waals surface area contributed by atoms with Crippen LogP contribution in [-0.2, 0) is 5.54 Å². The molecular formula is C11H14BrN. The van der Waals surface area contributed by atoms with Crippen molar-refractivity contribution in [3.05, 3.63) is 33.3 Å². The predicted molar refractivity (Wildman–Crippen MR) is 58.7 cm³/mol. The zero-order valence-electron chi connectivity index (χ0n) is 8.02. The molecule has 2 rings (SSSR count). The van der Waals surface area contributed by atoms with Crippen LogP contribution in [0.3, 0.4) is 0 Å². The van der Waals surface area contributed by atoms with Crippen molar-refractivity contribution in [1.82, 2.24) is 0 Å². The molecule has 1 saturated carbocycles. The fourth-order valence-corrected chi connectivity index (χ4v) is 2.18. The molecule has 1 aromatic rings. The number of aryl methyl sites for hydroxylation is 2. The van der Waals surface area contributed by atoms with Crippen molar-refractivity contribution in [3.63, 3.8) is 0 Å². The molecule has 0 atom stereocenters. The molecule has 2 N–H and O–H groups in total. The molecule has 0 aromatic heterocycles. The molecule has 0 radical (unpaired) electrons. The third-order valence-electron chi connectivity index (χ3n) is 2.83. The van der Waals surface area contributed by atoms with Gasteiger partial charge in [-0.05, 0) is 49.4 Å². The van der Waals surface area contributed by atoms with Crippen molar-refractivity contribution in [2.24, 2.45) is 5.73 Å². The van der Waals surface area contributed by atoms with E-state index in [1.165, 1.54) is 21.2 Å². The minimum absolute atomic E-state index is 0.00442. The highest BCUT2D eigenvalue weighted by Crippen LogP contribution is 2.44. The summed E-state index contributed by atoms with van der Waals surface area (Å²) in [6, 6.07) is 4.38. The second-order valence-corrected chi connectivity index (χ2v) is 4.93. The van der Waals surface area contributed by atoms with Crippen LogP contribution in [0.15, 0.2) is 16.6 Å². The van der Waals surface area contributed by atoms with E-state index in [0.717, 1.165) is 12.8 Å². The van der Waals surface area contributed by atoms with Crippen LogP contribution in [0.4, 0.5) is 0 Å². The SMILES string of the molecule is Cc1cc(C2(N)CC2)c(C)cc1Br. The smallest absolute Gasteiger partial charge is 0.0414 e. The Balaban J connectivity index is 2.52. The second kappa shape index (κ2) is 2.82. The summed E-state index contributed by atoms with van der Waals surface area (Å²) in [6.07, 6.45) is 2.27. The van der Waals surface area contributed by atoms with E-state index in [2.05, 4.69) is 41.9 Å². The average Bonchev–Trinajstić information content (AvgIpc) is 2.77. The van der Waals surface area contributed by atoms with Gasteiger partial charge < -0.3 is 5.73 Å². The fourth-order valence-electron chi connectivity index (χ4n) is 1.72. The van der Waals surface area contributed by atoms with Crippen molar-refractivity contribution in [2.75, 3.05) is 0 Å². The highest BCUT2D eigenvalue weighted by Gasteiger charge is 2.41. The van der Waals surface area contributed by atoms with E-state index in [-0.39, 0.29) is 5.54 Å². The second-order valence-electron chi connectivity index (χ2n) is 4.07. The molecular weight excluding hydrogens is 226 g/mol. The predicted octanol–water partition coefficient (Wildman–Crippen LogP) is 3.01. The van der Waals surface area contributed by atoms with E-state index < -0.39 is 0 Å². The Morgan fingerprint density at radius 3 is 2.38 bits per heavy atom. The summed E-state index contributed by atoms with van der Waals surface area (Å²) < 4.78 is 1.18. The van der Waals surface area contributed by atoms with Crippen LogP contribution in [0.5, 0.6) is 0 Å². The van der Waals surface area contributed by atoms with E-state index in [1.807, 2.05) is 0 Å². The van der Waals surface area contributed by atoms with Gasteiger partial charge in [0.15, 0.2) is 0 Å². The molecule has 0 heterocycles. The molecule has 1 aliphatic rings. The van der Waals surface area contributed by atoms with Gasteiger partial charge in [-0.1, -0.05) is 22.0 Å². The lowest BCUT2D eigenvalue weighted by Crippen LogP contribution is -2.20. The third-order valence-corrected chi connectivity index (χ3v) is 3.69. The van der Waals surface area contributed by atoms with Gasteiger partial charge in [-0.3, -0.25) is 0 Å². The lowest BCUT2D eigenvalue weighted by Gasteiger charge is -2.14. The molecule has 1 aromatic carbocycles. The van der Waals surface area contributed by atoms with E-state index >= 15 is 0 Å². The summed E-state index contributed by atoms with van der Waals surface area (Å²) in [5, 5.41) is 0. The lowest BCUT2D eigenvalue weighted by molar-refractivity contribution is 0.732. The average molecular weight is 240 g/mol. The minimum atomic E-state index is -0.00442. The number of hydrogen-bond acceptors (Lipinski definition) is 1. The van der Waals surface area contributed by atoms with Crippen molar-refractivity contribution in [3.8, 4) is 0 Å². The molecule has 0 saturated heterocycles. The Bertz CT molecular complexity index is 353. The maximum atomic E-state index is 6.17. The number of nitrogens with two attached hydrogens (primary N) is 1. The van der Waals surface area contributed by atoms with Crippen LogP contribution in [-0.4, -0.2) is 0 Å². The van der Waals surface area contributed by atoms with E-state index in [9.17, 15) is 0 Å². The number of benzene rings is 1. The van der Waals surface area contributed by atoms with Crippen molar-refractivity contribution < 1.29 is 0 Å². The zero-order valence-corrected chi connectivity index (χ0v) is 9.61. The third kappa shape index (κ3) is 1.53. The summed E-state index contributed by atoms with van der Waals surface area (Å²) >= 11 is 3.53. The van der Waals surface area contributed by atoms with Gasteiger partial charge in [0.1, 0.15) is 0 Å². The number of halogens is 1.